The van der Waals surface area contributed by atoms with Crippen LogP contribution in [0.5, 0.6) is 11.5 Å². The lowest BCUT2D eigenvalue weighted by molar-refractivity contribution is -0.00461. The highest BCUT2D eigenvalue weighted by molar-refractivity contribution is 5.42. The maximum absolute atomic E-state index is 6.08. The maximum atomic E-state index is 6.08. The molecule has 2 aliphatic heterocycles. The summed E-state index contributed by atoms with van der Waals surface area (Å²) in [7, 11) is 3.48. The molecule has 0 spiro atoms. The summed E-state index contributed by atoms with van der Waals surface area (Å²) in [4.78, 5) is 11.0. The van der Waals surface area contributed by atoms with Crippen LogP contribution in [0.4, 0.5) is 11.8 Å². The normalized spacial score (nSPS) is 22.8. The van der Waals surface area contributed by atoms with Gasteiger partial charge in [0.1, 0.15) is 35.6 Å². The van der Waals surface area contributed by atoms with E-state index in [9.17, 15) is 0 Å². The lowest BCUT2D eigenvalue weighted by atomic mass is 10.3. The van der Waals surface area contributed by atoms with Gasteiger partial charge in [-0.25, -0.2) is 4.98 Å². The number of nitrogens with zero attached hydrogens (tertiary/aromatic N) is 3. The standard InChI is InChI=1S/C19H24N4O4/c1-20-18-6-7-21-19(22-18)23-9-16-17(10-23)26-12-15(11-25-16)27-14-5-3-4-13(8-14)24-2/h3-8,15-17H,9-12H2,1-2H3,(H,20,21,22)/t16-,17-/m0/s1. The van der Waals surface area contributed by atoms with Crippen molar-refractivity contribution >= 4 is 11.8 Å². The Kier molecular flexibility index (Phi) is 5.26. The van der Waals surface area contributed by atoms with Gasteiger partial charge in [-0.2, -0.15) is 4.98 Å². The summed E-state index contributed by atoms with van der Waals surface area (Å²) in [5, 5.41) is 3.03. The second-order valence-corrected chi connectivity index (χ2v) is 6.56. The summed E-state index contributed by atoms with van der Waals surface area (Å²) in [5.74, 6) is 2.99. The fourth-order valence-electron chi connectivity index (χ4n) is 3.31. The van der Waals surface area contributed by atoms with Crippen molar-refractivity contribution in [1.82, 2.24) is 9.97 Å². The highest BCUT2D eigenvalue weighted by Gasteiger charge is 2.38. The molecule has 0 radical (unpaired) electrons. The van der Waals surface area contributed by atoms with Crippen molar-refractivity contribution in [1.29, 1.82) is 0 Å². The fraction of sp³-hybridized carbons (Fsp3) is 0.474. The van der Waals surface area contributed by atoms with Crippen LogP contribution in [0.3, 0.4) is 0 Å². The van der Waals surface area contributed by atoms with Gasteiger partial charge in [-0.3, -0.25) is 0 Å². The smallest absolute Gasteiger partial charge is 0.227 e. The number of fused-ring (bicyclic) bond motifs is 1. The highest BCUT2D eigenvalue weighted by Crippen LogP contribution is 2.26. The molecule has 0 amide bonds. The number of hydrogen-bond donors (Lipinski definition) is 1. The van der Waals surface area contributed by atoms with Crippen LogP contribution in [0.15, 0.2) is 36.5 Å². The van der Waals surface area contributed by atoms with Crippen molar-refractivity contribution < 1.29 is 18.9 Å². The average molecular weight is 372 g/mol. The number of benzene rings is 1. The van der Waals surface area contributed by atoms with E-state index in [-0.39, 0.29) is 18.3 Å². The Morgan fingerprint density at radius 3 is 2.56 bits per heavy atom. The van der Waals surface area contributed by atoms with Crippen molar-refractivity contribution in [3.63, 3.8) is 0 Å². The van der Waals surface area contributed by atoms with E-state index in [4.69, 9.17) is 18.9 Å². The molecule has 0 bridgehead atoms. The van der Waals surface area contributed by atoms with Crippen LogP contribution in [0.25, 0.3) is 0 Å². The molecule has 1 aromatic carbocycles. The monoisotopic (exact) mass is 372 g/mol. The third kappa shape index (κ3) is 4.06. The molecule has 0 unspecified atom stereocenters. The number of ether oxygens (including phenoxy) is 4. The Balaban J connectivity index is 1.36. The van der Waals surface area contributed by atoms with Crippen LogP contribution >= 0.6 is 0 Å². The predicted molar refractivity (Wildman–Crippen MR) is 101 cm³/mol. The summed E-state index contributed by atoms with van der Waals surface area (Å²) in [6.07, 6.45) is 1.55. The number of nitrogens with one attached hydrogen (secondary N) is 1. The van der Waals surface area contributed by atoms with Crippen LogP contribution in [-0.2, 0) is 9.47 Å². The number of anilines is 2. The van der Waals surface area contributed by atoms with Gasteiger partial charge in [0.25, 0.3) is 0 Å². The van der Waals surface area contributed by atoms with E-state index in [1.54, 1.807) is 13.3 Å². The number of rotatable bonds is 5. The van der Waals surface area contributed by atoms with E-state index in [2.05, 4.69) is 20.2 Å². The van der Waals surface area contributed by atoms with Gasteiger partial charge in [0.2, 0.25) is 5.95 Å². The molecule has 2 fully saturated rings. The third-order valence-electron chi connectivity index (χ3n) is 4.73. The molecule has 2 aliphatic rings. The first-order valence-corrected chi connectivity index (χ1v) is 9.05. The minimum atomic E-state index is -0.153. The Morgan fingerprint density at radius 1 is 1.11 bits per heavy atom. The molecule has 144 valence electrons. The summed E-state index contributed by atoms with van der Waals surface area (Å²) in [5.41, 5.74) is 0. The van der Waals surface area contributed by atoms with Crippen molar-refractivity contribution in [2.75, 3.05) is 50.7 Å². The van der Waals surface area contributed by atoms with Crippen molar-refractivity contribution in [3.8, 4) is 11.5 Å². The largest absolute Gasteiger partial charge is 0.497 e. The Morgan fingerprint density at radius 2 is 1.85 bits per heavy atom. The molecule has 3 heterocycles. The fourth-order valence-corrected chi connectivity index (χ4v) is 3.31. The van der Waals surface area contributed by atoms with E-state index in [1.807, 2.05) is 37.4 Å². The second-order valence-electron chi connectivity index (χ2n) is 6.56. The third-order valence-corrected chi connectivity index (χ3v) is 4.73. The molecule has 2 saturated heterocycles. The van der Waals surface area contributed by atoms with Crippen molar-refractivity contribution in [3.05, 3.63) is 36.5 Å². The molecular formula is C19H24N4O4. The van der Waals surface area contributed by atoms with Gasteiger partial charge in [-0.1, -0.05) is 6.07 Å². The molecule has 0 saturated carbocycles. The zero-order valence-electron chi connectivity index (χ0n) is 15.5. The van der Waals surface area contributed by atoms with Crippen LogP contribution in [0.2, 0.25) is 0 Å². The van der Waals surface area contributed by atoms with Crippen molar-refractivity contribution in [2.45, 2.75) is 18.3 Å². The molecule has 0 aliphatic carbocycles. The summed E-state index contributed by atoms with van der Waals surface area (Å²) in [6, 6.07) is 9.39. The molecule has 27 heavy (non-hydrogen) atoms. The number of aromatic nitrogens is 2. The zero-order chi connectivity index (χ0) is 18.6. The predicted octanol–water partition coefficient (Wildman–Crippen LogP) is 1.58. The Hall–Kier alpha value is -2.58. The molecule has 1 N–H and O–H groups in total. The van der Waals surface area contributed by atoms with E-state index in [0.29, 0.717) is 32.3 Å². The first kappa shape index (κ1) is 17.8. The van der Waals surface area contributed by atoms with Crippen LogP contribution in [0.1, 0.15) is 0 Å². The number of methoxy groups -OCH3 is 1. The Labute approximate surface area is 158 Å². The zero-order valence-corrected chi connectivity index (χ0v) is 15.5. The second kappa shape index (κ2) is 7.98. The summed E-state index contributed by atoms with van der Waals surface area (Å²) >= 11 is 0. The highest BCUT2D eigenvalue weighted by atomic mass is 16.6. The topological polar surface area (TPSA) is 78.0 Å². The number of hydrogen-bond acceptors (Lipinski definition) is 8. The van der Waals surface area contributed by atoms with Crippen LogP contribution < -0.4 is 19.7 Å². The van der Waals surface area contributed by atoms with E-state index >= 15 is 0 Å². The van der Waals surface area contributed by atoms with Gasteiger partial charge < -0.3 is 29.2 Å². The summed E-state index contributed by atoms with van der Waals surface area (Å²) < 4.78 is 23.4. The molecule has 1 aromatic heterocycles. The SMILES string of the molecule is CNc1ccnc(N2C[C@@H]3OCC(Oc4cccc(OC)c4)CO[C@H]3C2)n1. The Bertz CT molecular complexity index is 759. The molecule has 2 atom stereocenters. The molecule has 2 aromatic rings. The first-order valence-electron chi connectivity index (χ1n) is 9.05. The minimum absolute atomic E-state index is 0.0225. The van der Waals surface area contributed by atoms with Crippen LogP contribution in [-0.4, -0.2) is 68.7 Å². The molecular weight excluding hydrogens is 348 g/mol. The van der Waals surface area contributed by atoms with Gasteiger partial charge in [0.05, 0.1) is 20.3 Å². The van der Waals surface area contributed by atoms with E-state index in [0.717, 1.165) is 17.3 Å². The molecule has 8 heteroatoms. The molecule has 8 nitrogen and oxygen atoms in total. The van der Waals surface area contributed by atoms with Gasteiger partial charge in [-0.15, -0.1) is 0 Å². The van der Waals surface area contributed by atoms with Crippen LogP contribution in [0, 0.1) is 0 Å². The van der Waals surface area contributed by atoms with Crippen molar-refractivity contribution in [2.24, 2.45) is 0 Å². The van der Waals surface area contributed by atoms with E-state index < -0.39 is 0 Å². The van der Waals surface area contributed by atoms with Gasteiger partial charge >= 0.3 is 0 Å². The van der Waals surface area contributed by atoms with Gasteiger partial charge in [0, 0.05) is 32.4 Å². The molecule has 4 rings (SSSR count). The quantitative estimate of drug-likeness (QED) is 0.848. The lowest BCUT2D eigenvalue weighted by Gasteiger charge is -2.20. The van der Waals surface area contributed by atoms with Gasteiger partial charge in [-0.05, 0) is 18.2 Å². The first-order chi connectivity index (χ1) is 13.2. The minimum Gasteiger partial charge on any atom is -0.497 e. The van der Waals surface area contributed by atoms with E-state index in [1.165, 1.54) is 0 Å². The maximum Gasteiger partial charge on any atom is 0.227 e. The lowest BCUT2D eigenvalue weighted by Crippen LogP contribution is -2.30. The van der Waals surface area contributed by atoms with Gasteiger partial charge in [0.15, 0.2) is 0 Å². The summed E-state index contributed by atoms with van der Waals surface area (Å²) in [6.45, 7) is 2.35. The average Bonchev–Trinajstić information content (AvgIpc) is 3.04.